The summed E-state index contributed by atoms with van der Waals surface area (Å²) in [6.45, 7) is 2.35. The van der Waals surface area contributed by atoms with Gasteiger partial charge < -0.3 is 10.5 Å². The van der Waals surface area contributed by atoms with Crippen LogP contribution in [0.3, 0.4) is 0 Å². The van der Waals surface area contributed by atoms with E-state index in [1.807, 2.05) is 49.4 Å². The summed E-state index contributed by atoms with van der Waals surface area (Å²) in [4.78, 5) is 8.72. The summed E-state index contributed by atoms with van der Waals surface area (Å²) >= 11 is 0. The lowest BCUT2D eigenvalue weighted by molar-refractivity contribution is 0.304. The zero-order valence-corrected chi connectivity index (χ0v) is 11.2. The molecule has 20 heavy (non-hydrogen) atoms. The first-order valence-corrected chi connectivity index (χ1v) is 6.42. The standard InChI is InChI=1S/C16H15N3O/c1-11-9-15(20-10-12-5-2-3-8-18-12)13-6-4-7-14(17)16(13)19-11/h2-9H,10,17H2,1H3. The molecule has 2 heterocycles. The fourth-order valence-corrected chi connectivity index (χ4v) is 2.12. The lowest BCUT2D eigenvalue weighted by atomic mass is 10.1. The number of rotatable bonds is 3. The Morgan fingerprint density at radius 3 is 2.85 bits per heavy atom. The molecule has 4 heteroatoms. The molecule has 0 aliphatic carbocycles. The molecule has 0 saturated carbocycles. The van der Waals surface area contributed by atoms with Gasteiger partial charge in [0.15, 0.2) is 0 Å². The molecule has 0 bridgehead atoms. The minimum atomic E-state index is 0.425. The molecule has 4 nitrogen and oxygen atoms in total. The number of nitrogens with two attached hydrogens (primary N) is 1. The van der Waals surface area contributed by atoms with Gasteiger partial charge in [-0.3, -0.25) is 9.97 Å². The van der Waals surface area contributed by atoms with Crippen molar-refractivity contribution in [2.24, 2.45) is 0 Å². The van der Waals surface area contributed by atoms with Gasteiger partial charge in [0.25, 0.3) is 0 Å². The Labute approximate surface area is 117 Å². The molecule has 0 spiro atoms. The summed E-state index contributed by atoms with van der Waals surface area (Å²) < 4.78 is 5.88. The molecule has 0 unspecified atom stereocenters. The molecule has 100 valence electrons. The van der Waals surface area contributed by atoms with Gasteiger partial charge in [0.1, 0.15) is 12.4 Å². The number of aryl methyl sites for hydroxylation is 1. The summed E-state index contributed by atoms with van der Waals surface area (Å²) in [6.07, 6.45) is 1.76. The summed E-state index contributed by atoms with van der Waals surface area (Å²) in [7, 11) is 0. The zero-order valence-electron chi connectivity index (χ0n) is 11.2. The van der Waals surface area contributed by atoms with Gasteiger partial charge in [0.05, 0.1) is 16.9 Å². The van der Waals surface area contributed by atoms with E-state index in [4.69, 9.17) is 10.5 Å². The van der Waals surface area contributed by atoms with Gasteiger partial charge in [-0.1, -0.05) is 12.1 Å². The topological polar surface area (TPSA) is 61.0 Å². The molecular formula is C16H15N3O. The molecule has 0 aliphatic heterocycles. The average Bonchev–Trinajstić information content (AvgIpc) is 2.47. The van der Waals surface area contributed by atoms with Gasteiger partial charge in [-0.2, -0.15) is 0 Å². The van der Waals surface area contributed by atoms with Crippen molar-refractivity contribution in [3.63, 3.8) is 0 Å². The highest BCUT2D eigenvalue weighted by Crippen LogP contribution is 2.29. The van der Waals surface area contributed by atoms with Crippen molar-refractivity contribution in [2.45, 2.75) is 13.5 Å². The van der Waals surface area contributed by atoms with Crippen LogP contribution in [0.15, 0.2) is 48.7 Å². The van der Waals surface area contributed by atoms with Crippen molar-refractivity contribution in [3.8, 4) is 5.75 Å². The van der Waals surface area contributed by atoms with Crippen LogP contribution < -0.4 is 10.5 Å². The lowest BCUT2D eigenvalue weighted by Gasteiger charge is -2.11. The first kappa shape index (κ1) is 12.4. The van der Waals surface area contributed by atoms with E-state index >= 15 is 0 Å². The van der Waals surface area contributed by atoms with Gasteiger partial charge in [0, 0.05) is 23.3 Å². The summed E-state index contributed by atoms with van der Waals surface area (Å²) in [5, 5.41) is 0.923. The normalized spacial score (nSPS) is 10.7. The molecule has 0 radical (unpaired) electrons. The molecule has 0 atom stereocenters. The SMILES string of the molecule is Cc1cc(OCc2ccccn2)c2cccc(N)c2n1. The summed E-state index contributed by atoms with van der Waals surface area (Å²) in [6, 6.07) is 13.4. The van der Waals surface area contributed by atoms with E-state index < -0.39 is 0 Å². The van der Waals surface area contributed by atoms with Crippen molar-refractivity contribution < 1.29 is 4.74 Å². The van der Waals surface area contributed by atoms with E-state index in [-0.39, 0.29) is 0 Å². The number of benzene rings is 1. The fraction of sp³-hybridized carbons (Fsp3) is 0.125. The Kier molecular flexibility index (Phi) is 3.21. The molecule has 3 aromatic rings. The van der Waals surface area contributed by atoms with Crippen LogP contribution in [0.2, 0.25) is 0 Å². The van der Waals surface area contributed by atoms with Crippen LogP contribution in [0, 0.1) is 6.92 Å². The van der Waals surface area contributed by atoms with Crippen molar-refractivity contribution in [1.82, 2.24) is 9.97 Å². The van der Waals surface area contributed by atoms with Crippen LogP contribution in [-0.4, -0.2) is 9.97 Å². The van der Waals surface area contributed by atoms with Gasteiger partial charge in [-0.15, -0.1) is 0 Å². The second kappa shape index (κ2) is 5.17. The highest BCUT2D eigenvalue weighted by Gasteiger charge is 2.08. The first-order chi connectivity index (χ1) is 9.74. The molecule has 0 saturated heterocycles. The van der Waals surface area contributed by atoms with Crippen LogP contribution in [-0.2, 0) is 6.61 Å². The van der Waals surface area contributed by atoms with Crippen molar-refractivity contribution >= 4 is 16.6 Å². The number of para-hydroxylation sites is 1. The second-order valence-corrected chi connectivity index (χ2v) is 4.61. The number of aromatic nitrogens is 2. The van der Waals surface area contributed by atoms with Gasteiger partial charge in [-0.25, -0.2) is 0 Å². The molecule has 0 amide bonds. The summed E-state index contributed by atoms with van der Waals surface area (Å²) in [5.41, 5.74) is 9.18. The second-order valence-electron chi connectivity index (χ2n) is 4.61. The number of pyridine rings is 2. The van der Waals surface area contributed by atoms with Crippen LogP contribution in [0.1, 0.15) is 11.4 Å². The van der Waals surface area contributed by atoms with Crippen molar-refractivity contribution in [1.29, 1.82) is 0 Å². The fourth-order valence-electron chi connectivity index (χ4n) is 2.12. The largest absolute Gasteiger partial charge is 0.487 e. The lowest BCUT2D eigenvalue weighted by Crippen LogP contribution is -2.00. The Morgan fingerprint density at radius 1 is 1.15 bits per heavy atom. The quantitative estimate of drug-likeness (QED) is 0.739. The van der Waals surface area contributed by atoms with E-state index in [9.17, 15) is 0 Å². The number of ether oxygens (including phenoxy) is 1. The predicted octanol–water partition coefficient (Wildman–Crippen LogP) is 3.10. The predicted molar refractivity (Wildman–Crippen MR) is 79.5 cm³/mol. The van der Waals surface area contributed by atoms with Crippen LogP contribution in [0.25, 0.3) is 10.9 Å². The van der Waals surface area contributed by atoms with E-state index in [0.717, 1.165) is 28.0 Å². The molecular weight excluding hydrogens is 250 g/mol. The third-order valence-corrected chi connectivity index (χ3v) is 3.06. The number of nitrogen functional groups attached to an aromatic ring is 1. The van der Waals surface area contributed by atoms with Crippen LogP contribution in [0.4, 0.5) is 5.69 Å². The Hall–Kier alpha value is -2.62. The van der Waals surface area contributed by atoms with Gasteiger partial charge >= 0.3 is 0 Å². The molecule has 2 N–H and O–H groups in total. The highest BCUT2D eigenvalue weighted by atomic mass is 16.5. The first-order valence-electron chi connectivity index (χ1n) is 6.42. The Balaban J connectivity index is 1.97. The minimum Gasteiger partial charge on any atom is -0.487 e. The third kappa shape index (κ3) is 2.40. The number of fused-ring (bicyclic) bond motifs is 1. The van der Waals surface area contributed by atoms with Crippen molar-refractivity contribution in [3.05, 3.63) is 60.0 Å². The number of hydrogen-bond acceptors (Lipinski definition) is 4. The highest BCUT2D eigenvalue weighted by molar-refractivity contribution is 5.93. The molecule has 0 aliphatic rings. The Bertz CT molecular complexity index is 741. The third-order valence-electron chi connectivity index (χ3n) is 3.06. The van der Waals surface area contributed by atoms with Gasteiger partial charge in [0.2, 0.25) is 0 Å². The molecule has 1 aromatic carbocycles. The summed E-state index contributed by atoms with van der Waals surface area (Å²) in [5.74, 6) is 0.783. The number of hydrogen-bond donors (Lipinski definition) is 1. The molecule has 0 fully saturated rings. The van der Waals surface area contributed by atoms with Gasteiger partial charge in [-0.05, 0) is 31.2 Å². The zero-order chi connectivity index (χ0) is 13.9. The maximum absolute atomic E-state index is 5.97. The van der Waals surface area contributed by atoms with Crippen LogP contribution >= 0.6 is 0 Å². The molecule has 3 rings (SSSR count). The number of nitrogens with zero attached hydrogens (tertiary/aromatic N) is 2. The smallest absolute Gasteiger partial charge is 0.131 e. The van der Waals surface area contributed by atoms with E-state index in [2.05, 4.69) is 9.97 Å². The van der Waals surface area contributed by atoms with Crippen LogP contribution in [0.5, 0.6) is 5.75 Å². The van der Waals surface area contributed by atoms with E-state index in [1.54, 1.807) is 6.20 Å². The van der Waals surface area contributed by atoms with Crippen molar-refractivity contribution in [2.75, 3.05) is 5.73 Å². The maximum atomic E-state index is 5.97. The van der Waals surface area contributed by atoms with E-state index in [1.165, 1.54) is 0 Å². The Morgan fingerprint density at radius 2 is 2.05 bits per heavy atom. The average molecular weight is 265 g/mol. The molecule has 2 aromatic heterocycles. The number of anilines is 1. The minimum absolute atomic E-state index is 0.425. The van der Waals surface area contributed by atoms with E-state index in [0.29, 0.717) is 12.3 Å². The monoisotopic (exact) mass is 265 g/mol. The maximum Gasteiger partial charge on any atom is 0.131 e.